The van der Waals surface area contributed by atoms with E-state index in [-0.39, 0.29) is 11.5 Å². The van der Waals surface area contributed by atoms with Crippen LogP contribution in [0.25, 0.3) is 0 Å². The van der Waals surface area contributed by atoms with Crippen molar-refractivity contribution < 1.29 is 20.1 Å². The van der Waals surface area contributed by atoms with E-state index in [0.29, 0.717) is 0 Å². The first kappa shape index (κ1) is 12.8. The Morgan fingerprint density at radius 1 is 1.39 bits per heavy atom. The van der Waals surface area contributed by atoms with Crippen LogP contribution in [0.2, 0.25) is 0 Å². The molecule has 1 aliphatic rings. The van der Waals surface area contributed by atoms with Crippen LogP contribution >= 0.6 is 0 Å². The van der Waals surface area contributed by atoms with Gasteiger partial charge in [0, 0.05) is 6.20 Å². The highest BCUT2D eigenvalue weighted by Gasteiger charge is 2.43. The fraction of sp³-hybridized carbons (Fsp3) is 0.556. The minimum atomic E-state index is -1.37. The van der Waals surface area contributed by atoms with Crippen molar-refractivity contribution in [3.63, 3.8) is 0 Å². The van der Waals surface area contributed by atoms with E-state index >= 15 is 0 Å². The molecule has 9 heteroatoms. The van der Waals surface area contributed by atoms with Crippen molar-refractivity contribution in [2.45, 2.75) is 24.5 Å². The molecule has 1 aromatic heterocycles. The maximum atomic E-state index is 11.6. The zero-order valence-corrected chi connectivity index (χ0v) is 9.30. The number of nitrogens with zero attached hydrogens (tertiary/aromatic N) is 2. The third-order valence-corrected chi connectivity index (χ3v) is 2.80. The number of hydrogen-bond donors (Lipinski definition) is 5. The Morgan fingerprint density at radius 2 is 2.06 bits per heavy atom. The molecule has 9 nitrogen and oxygen atoms in total. The number of rotatable bonds is 2. The van der Waals surface area contributed by atoms with Gasteiger partial charge in [-0.05, 0) is 0 Å². The number of aliphatic hydroxyl groups excluding tert-OH is 3. The highest BCUT2D eigenvalue weighted by molar-refractivity contribution is 5.55. The second-order valence-electron chi connectivity index (χ2n) is 4.00. The van der Waals surface area contributed by atoms with Crippen molar-refractivity contribution in [1.82, 2.24) is 9.55 Å². The number of anilines is 2. The van der Waals surface area contributed by atoms with Crippen LogP contribution in [-0.2, 0) is 4.74 Å². The molecule has 7 N–H and O–H groups in total. The summed E-state index contributed by atoms with van der Waals surface area (Å²) in [7, 11) is 0. The number of aliphatic hydroxyl groups is 3. The first-order valence-electron chi connectivity index (χ1n) is 5.22. The first-order chi connectivity index (χ1) is 8.45. The van der Waals surface area contributed by atoms with Gasteiger partial charge in [-0.2, -0.15) is 4.98 Å². The number of ether oxygens (including phenoxy) is 1. The van der Waals surface area contributed by atoms with Crippen LogP contribution in [0.1, 0.15) is 6.23 Å². The number of nitrogen functional groups attached to an aromatic ring is 2. The molecule has 1 saturated heterocycles. The zero-order valence-electron chi connectivity index (χ0n) is 9.30. The molecule has 0 saturated carbocycles. The summed E-state index contributed by atoms with van der Waals surface area (Å²) in [6, 6.07) is 0. The van der Waals surface area contributed by atoms with Crippen LogP contribution in [0.15, 0.2) is 11.0 Å². The lowest BCUT2D eigenvalue weighted by Gasteiger charge is -2.17. The summed E-state index contributed by atoms with van der Waals surface area (Å²) >= 11 is 0. The van der Waals surface area contributed by atoms with Crippen molar-refractivity contribution in [3.8, 4) is 0 Å². The molecule has 0 spiro atoms. The second kappa shape index (κ2) is 4.53. The molecule has 0 amide bonds. The summed E-state index contributed by atoms with van der Waals surface area (Å²) in [5.41, 5.74) is 10.2. The van der Waals surface area contributed by atoms with Crippen molar-refractivity contribution in [2.24, 2.45) is 0 Å². The lowest BCUT2D eigenvalue weighted by molar-refractivity contribution is -0.0548. The fourth-order valence-corrected chi connectivity index (χ4v) is 1.79. The van der Waals surface area contributed by atoms with Gasteiger partial charge in [-0.15, -0.1) is 0 Å². The maximum Gasteiger partial charge on any atom is 0.351 e. The molecule has 0 aliphatic carbocycles. The van der Waals surface area contributed by atoms with Gasteiger partial charge in [0.25, 0.3) is 0 Å². The van der Waals surface area contributed by atoms with E-state index in [4.69, 9.17) is 21.3 Å². The third kappa shape index (κ3) is 1.93. The minimum Gasteiger partial charge on any atom is -0.395 e. The van der Waals surface area contributed by atoms with Crippen LogP contribution in [0.5, 0.6) is 0 Å². The summed E-state index contributed by atoms with van der Waals surface area (Å²) in [4.78, 5) is 15.1. The Morgan fingerprint density at radius 3 is 2.61 bits per heavy atom. The van der Waals surface area contributed by atoms with Gasteiger partial charge < -0.3 is 31.5 Å². The summed E-state index contributed by atoms with van der Waals surface area (Å²) in [5, 5.41) is 28.3. The molecule has 1 aromatic rings. The average molecular weight is 258 g/mol. The molecule has 0 unspecified atom stereocenters. The molecule has 18 heavy (non-hydrogen) atoms. The first-order valence-corrected chi connectivity index (χ1v) is 5.22. The standard InChI is InChI=1S/C9H14N4O5/c10-3-1-13(9(17)12-7(3)11)8-6(16)5(15)4(2-14)18-8/h1,4-6,8,14-16H,2,10H2,(H2,11,12,17)/t4-,5-,6-,8-/m1/s1. The van der Waals surface area contributed by atoms with E-state index in [1.807, 2.05) is 0 Å². The van der Waals surface area contributed by atoms with Crippen LogP contribution in [0.4, 0.5) is 11.5 Å². The van der Waals surface area contributed by atoms with Gasteiger partial charge in [0.2, 0.25) is 0 Å². The molecule has 0 radical (unpaired) electrons. The fourth-order valence-electron chi connectivity index (χ4n) is 1.79. The monoisotopic (exact) mass is 258 g/mol. The SMILES string of the molecule is Nc1cn([C@@H]2O[C@H](CO)[C@@H](O)[C@H]2O)c(=O)nc1N. The van der Waals surface area contributed by atoms with E-state index < -0.39 is 36.8 Å². The Hall–Kier alpha value is -1.68. The third-order valence-electron chi connectivity index (χ3n) is 2.80. The smallest absolute Gasteiger partial charge is 0.351 e. The molecule has 1 aliphatic heterocycles. The molecule has 2 heterocycles. The van der Waals surface area contributed by atoms with Gasteiger partial charge in [-0.25, -0.2) is 4.79 Å². The molecule has 1 fully saturated rings. The highest BCUT2D eigenvalue weighted by atomic mass is 16.6. The molecule has 4 atom stereocenters. The molecule has 0 bridgehead atoms. The van der Waals surface area contributed by atoms with Crippen molar-refractivity contribution in [3.05, 3.63) is 16.7 Å². The van der Waals surface area contributed by atoms with Gasteiger partial charge >= 0.3 is 5.69 Å². The van der Waals surface area contributed by atoms with Crippen LogP contribution in [0, 0.1) is 0 Å². The zero-order chi connectivity index (χ0) is 13.4. The molecular weight excluding hydrogens is 244 g/mol. The Bertz CT molecular complexity index is 504. The van der Waals surface area contributed by atoms with E-state index in [1.165, 1.54) is 6.20 Å². The number of hydrogen-bond acceptors (Lipinski definition) is 8. The van der Waals surface area contributed by atoms with Crippen LogP contribution < -0.4 is 17.2 Å². The Labute approximate surface area is 101 Å². The molecular formula is C9H14N4O5. The topological polar surface area (TPSA) is 157 Å². The van der Waals surface area contributed by atoms with Crippen molar-refractivity contribution >= 4 is 11.5 Å². The van der Waals surface area contributed by atoms with Gasteiger partial charge in [0.1, 0.15) is 18.3 Å². The molecule has 2 rings (SSSR count). The summed E-state index contributed by atoms with van der Waals surface area (Å²) in [5.74, 6) is -0.122. The van der Waals surface area contributed by atoms with Gasteiger partial charge in [0.05, 0.1) is 12.3 Å². The van der Waals surface area contributed by atoms with Crippen LogP contribution in [0.3, 0.4) is 0 Å². The minimum absolute atomic E-state index is 0.0485. The summed E-state index contributed by atoms with van der Waals surface area (Å²) in [6.45, 7) is -0.485. The van der Waals surface area contributed by atoms with E-state index in [0.717, 1.165) is 4.57 Å². The van der Waals surface area contributed by atoms with Gasteiger partial charge in [-0.3, -0.25) is 4.57 Å². The molecule has 100 valence electrons. The summed E-state index contributed by atoms with van der Waals surface area (Å²) < 4.78 is 6.10. The second-order valence-corrected chi connectivity index (χ2v) is 4.00. The van der Waals surface area contributed by atoms with E-state index in [2.05, 4.69) is 4.98 Å². The highest BCUT2D eigenvalue weighted by Crippen LogP contribution is 2.28. The number of nitrogens with two attached hydrogens (primary N) is 2. The predicted molar refractivity (Wildman–Crippen MR) is 60.3 cm³/mol. The largest absolute Gasteiger partial charge is 0.395 e. The van der Waals surface area contributed by atoms with Crippen LogP contribution in [-0.4, -0.2) is 49.8 Å². The lowest BCUT2D eigenvalue weighted by atomic mass is 10.1. The van der Waals surface area contributed by atoms with E-state index in [1.54, 1.807) is 0 Å². The van der Waals surface area contributed by atoms with Crippen molar-refractivity contribution in [2.75, 3.05) is 18.1 Å². The average Bonchev–Trinajstić information content (AvgIpc) is 2.61. The summed E-state index contributed by atoms with van der Waals surface area (Å²) in [6.07, 6.45) is -3.64. The molecule has 0 aromatic carbocycles. The van der Waals surface area contributed by atoms with Gasteiger partial charge in [0.15, 0.2) is 12.0 Å². The Kier molecular flexibility index (Phi) is 3.22. The normalized spacial score (nSPS) is 31.7. The maximum absolute atomic E-state index is 11.6. The lowest BCUT2D eigenvalue weighted by Crippen LogP contribution is -2.36. The quantitative estimate of drug-likeness (QED) is 0.376. The number of aromatic nitrogens is 2. The van der Waals surface area contributed by atoms with Crippen molar-refractivity contribution in [1.29, 1.82) is 0 Å². The van der Waals surface area contributed by atoms with E-state index in [9.17, 15) is 15.0 Å². The van der Waals surface area contributed by atoms with Gasteiger partial charge in [-0.1, -0.05) is 0 Å². The predicted octanol–water partition coefficient (Wildman–Crippen LogP) is -2.98. The Balaban J connectivity index is 2.39.